The topological polar surface area (TPSA) is 93.1 Å². The lowest BCUT2D eigenvalue weighted by Crippen LogP contribution is -2.35. The van der Waals surface area contributed by atoms with Gasteiger partial charge in [0.2, 0.25) is 9.84 Å². The highest BCUT2D eigenvalue weighted by Gasteiger charge is 2.32. The van der Waals surface area contributed by atoms with Crippen molar-refractivity contribution in [3.63, 3.8) is 0 Å². The van der Waals surface area contributed by atoms with Gasteiger partial charge in [0.05, 0.1) is 12.0 Å². The van der Waals surface area contributed by atoms with E-state index in [1.54, 1.807) is 0 Å². The highest BCUT2D eigenvalue weighted by Crippen LogP contribution is 2.19. The van der Waals surface area contributed by atoms with Crippen LogP contribution in [-0.2, 0) is 19.4 Å². The molecule has 1 aliphatic rings. The zero-order valence-electron chi connectivity index (χ0n) is 11.6. The molecule has 1 aliphatic heterocycles. The summed E-state index contributed by atoms with van der Waals surface area (Å²) >= 11 is 0. The molecule has 0 bridgehead atoms. The predicted molar refractivity (Wildman–Crippen MR) is 72.7 cm³/mol. The van der Waals surface area contributed by atoms with Crippen LogP contribution in [0, 0.1) is 0 Å². The number of hydrogen-bond acceptors (Lipinski definition) is 7. The smallest absolute Gasteiger partial charge is 0.326 e. The summed E-state index contributed by atoms with van der Waals surface area (Å²) in [4.78, 5) is 11.8. The van der Waals surface area contributed by atoms with Gasteiger partial charge in [-0.25, -0.2) is 8.42 Å². The van der Waals surface area contributed by atoms with Crippen LogP contribution in [0.25, 0.3) is 0 Å². The van der Waals surface area contributed by atoms with Gasteiger partial charge in [0.25, 0.3) is 0 Å². The Morgan fingerprint density at radius 2 is 2.05 bits per heavy atom. The molecule has 0 aromatic heterocycles. The quantitative estimate of drug-likeness (QED) is 0.804. The van der Waals surface area contributed by atoms with E-state index in [1.165, 1.54) is 31.4 Å². The van der Waals surface area contributed by atoms with Crippen LogP contribution >= 0.6 is 0 Å². The molecule has 0 radical (unpaired) electrons. The van der Waals surface area contributed by atoms with Crippen molar-refractivity contribution in [2.75, 3.05) is 19.6 Å². The van der Waals surface area contributed by atoms with Crippen molar-refractivity contribution < 1.29 is 27.9 Å². The molecule has 0 amide bonds. The number of hydroxylamine groups is 2. The van der Waals surface area contributed by atoms with Crippen molar-refractivity contribution in [2.24, 2.45) is 0 Å². The average molecular weight is 315 g/mol. The fourth-order valence-electron chi connectivity index (χ4n) is 2.07. The Morgan fingerprint density at radius 1 is 1.38 bits per heavy atom. The van der Waals surface area contributed by atoms with Crippen LogP contribution in [0.2, 0.25) is 0 Å². The number of rotatable bonds is 5. The van der Waals surface area contributed by atoms with Crippen LogP contribution in [0.3, 0.4) is 0 Å². The summed E-state index contributed by atoms with van der Waals surface area (Å²) in [5.41, 5.74) is 0. The molecule has 1 N–H and O–H groups in total. The number of benzene rings is 1. The normalized spacial score (nSPS) is 19.4. The summed E-state index contributed by atoms with van der Waals surface area (Å²) in [6.45, 7) is 0.380. The Kier molecular flexibility index (Phi) is 4.81. The summed E-state index contributed by atoms with van der Waals surface area (Å²) in [6, 6.07) is 5.02. The number of carbonyl (C=O) groups is 1. The monoisotopic (exact) mass is 315 g/mol. The molecule has 1 atom stereocenters. The second-order valence-electron chi connectivity index (χ2n) is 4.69. The lowest BCUT2D eigenvalue weighted by molar-refractivity contribution is -0.165. The van der Waals surface area contributed by atoms with Gasteiger partial charge in [-0.3, -0.25) is 4.79 Å². The lowest BCUT2D eigenvalue weighted by Gasteiger charge is -2.16. The first-order valence-electron chi connectivity index (χ1n) is 6.43. The molecule has 1 aromatic rings. The van der Waals surface area contributed by atoms with Crippen molar-refractivity contribution in [1.82, 2.24) is 5.06 Å². The summed E-state index contributed by atoms with van der Waals surface area (Å²) in [5, 5.41) is 10.3. The highest BCUT2D eigenvalue weighted by molar-refractivity contribution is 7.91. The molecule has 8 heteroatoms. The minimum Gasteiger partial charge on any atom is -0.497 e. The van der Waals surface area contributed by atoms with E-state index >= 15 is 0 Å². The van der Waals surface area contributed by atoms with Gasteiger partial charge in [-0.1, -0.05) is 0 Å². The number of hydrogen-bond donors (Lipinski definition) is 1. The van der Waals surface area contributed by atoms with Crippen molar-refractivity contribution in [2.45, 2.75) is 23.8 Å². The SMILES string of the molecule is COc1ccc(S(=O)(=O)COC(=O)[C@H]2CCCN2O)cc1. The van der Waals surface area contributed by atoms with Crippen molar-refractivity contribution in [3.05, 3.63) is 24.3 Å². The second kappa shape index (κ2) is 6.42. The highest BCUT2D eigenvalue weighted by atomic mass is 32.2. The van der Waals surface area contributed by atoms with Crippen molar-refractivity contribution in [1.29, 1.82) is 0 Å². The fraction of sp³-hybridized carbons (Fsp3) is 0.462. The Hall–Kier alpha value is -1.64. The molecule has 0 spiro atoms. The van der Waals surface area contributed by atoms with Crippen molar-refractivity contribution in [3.8, 4) is 5.75 Å². The molecule has 7 nitrogen and oxygen atoms in total. The van der Waals surface area contributed by atoms with E-state index in [4.69, 9.17) is 9.47 Å². The maximum absolute atomic E-state index is 12.0. The number of nitrogens with zero attached hydrogens (tertiary/aromatic N) is 1. The van der Waals surface area contributed by atoms with Crippen LogP contribution < -0.4 is 4.74 Å². The number of sulfone groups is 1. The van der Waals surface area contributed by atoms with Crippen LogP contribution in [0.15, 0.2) is 29.2 Å². The zero-order valence-corrected chi connectivity index (χ0v) is 12.4. The molecule has 1 saturated heterocycles. The van der Waals surface area contributed by atoms with Gasteiger partial charge >= 0.3 is 5.97 Å². The maximum atomic E-state index is 12.0. The fourth-order valence-corrected chi connectivity index (χ4v) is 3.03. The Morgan fingerprint density at radius 3 is 2.57 bits per heavy atom. The van der Waals surface area contributed by atoms with Gasteiger partial charge in [-0.2, -0.15) is 5.06 Å². The van der Waals surface area contributed by atoms with Gasteiger partial charge < -0.3 is 14.7 Å². The summed E-state index contributed by atoms with van der Waals surface area (Å²) in [7, 11) is -2.25. The van der Waals surface area contributed by atoms with Crippen LogP contribution in [0.5, 0.6) is 5.75 Å². The molecule has 1 aromatic carbocycles. The molecule has 1 heterocycles. The first-order chi connectivity index (χ1) is 9.94. The van der Waals surface area contributed by atoms with Crippen LogP contribution in [0.1, 0.15) is 12.8 Å². The predicted octanol–water partition coefficient (Wildman–Crippen LogP) is 0.823. The lowest BCUT2D eigenvalue weighted by atomic mass is 10.2. The van der Waals surface area contributed by atoms with Gasteiger partial charge in [0.15, 0.2) is 5.94 Å². The average Bonchev–Trinajstić information content (AvgIpc) is 2.91. The zero-order chi connectivity index (χ0) is 15.5. The number of ether oxygens (including phenoxy) is 2. The summed E-state index contributed by atoms with van der Waals surface area (Å²) in [5.74, 6) is -0.942. The number of esters is 1. The number of methoxy groups -OCH3 is 1. The van der Waals surface area contributed by atoms with E-state index in [-0.39, 0.29) is 4.90 Å². The Balaban J connectivity index is 1.98. The summed E-state index contributed by atoms with van der Waals surface area (Å²) in [6.07, 6.45) is 1.12. The van der Waals surface area contributed by atoms with Crippen LogP contribution in [0.4, 0.5) is 0 Å². The van der Waals surface area contributed by atoms with Crippen molar-refractivity contribution >= 4 is 15.8 Å². The Bertz CT molecular complexity index is 598. The molecule has 2 rings (SSSR count). The van der Waals surface area contributed by atoms with E-state index in [1.807, 2.05) is 0 Å². The van der Waals surface area contributed by atoms with Gasteiger partial charge in [-0.15, -0.1) is 0 Å². The molecule has 1 fully saturated rings. The summed E-state index contributed by atoms with van der Waals surface area (Å²) < 4.78 is 33.8. The maximum Gasteiger partial charge on any atom is 0.326 e. The minimum absolute atomic E-state index is 0.0448. The molecular weight excluding hydrogens is 298 g/mol. The number of carbonyl (C=O) groups excluding carboxylic acids is 1. The van der Waals surface area contributed by atoms with E-state index in [0.29, 0.717) is 25.1 Å². The third-order valence-electron chi connectivity index (χ3n) is 3.27. The van der Waals surface area contributed by atoms with Gasteiger partial charge in [0.1, 0.15) is 11.8 Å². The largest absolute Gasteiger partial charge is 0.497 e. The van der Waals surface area contributed by atoms with Gasteiger partial charge in [0, 0.05) is 6.54 Å². The van der Waals surface area contributed by atoms with Crippen LogP contribution in [-0.4, -0.2) is 50.3 Å². The minimum atomic E-state index is -3.73. The molecule has 21 heavy (non-hydrogen) atoms. The molecular formula is C13H17NO6S. The van der Waals surface area contributed by atoms with E-state index in [9.17, 15) is 18.4 Å². The third kappa shape index (κ3) is 3.72. The third-order valence-corrected chi connectivity index (χ3v) is 4.69. The first-order valence-corrected chi connectivity index (χ1v) is 8.08. The Labute approximate surface area is 123 Å². The van der Waals surface area contributed by atoms with E-state index < -0.39 is 27.8 Å². The first kappa shape index (κ1) is 15.7. The molecule has 0 unspecified atom stereocenters. The van der Waals surface area contributed by atoms with E-state index in [2.05, 4.69) is 0 Å². The second-order valence-corrected chi connectivity index (χ2v) is 6.63. The van der Waals surface area contributed by atoms with Gasteiger partial charge in [-0.05, 0) is 37.1 Å². The molecule has 0 aliphatic carbocycles. The standard InChI is InChI=1S/C13H17NO6S/c1-19-10-4-6-11(7-5-10)21(17,18)9-20-13(15)12-3-2-8-14(12)16/h4-7,12,16H,2-3,8-9H2,1H3/t12-/m1/s1. The molecule has 116 valence electrons. The van der Waals surface area contributed by atoms with E-state index in [0.717, 1.165) is 5.06 Å². The molecule has 0 saturated carbocycles.